The van der Waals surface area contributed by atoms with Crippen molar-refractivity contribution in [3.8, 4) is 34.0 Å². The highest BCUT2D eigenvalue weighted by atomic mass is 16.5. The summed E-state index contributed by atoms with van der Waals surface area (Å²) in [5.74, 6) is 0.775. The van der Waals surface area contributed by atoms with Gasteiger partial charge in [-0.05, 0) is 117 Å². The van der Waals surface area contributed by atoms with E-state index < -0.39 is 0 Å². The molecule has 0 fully saturated rings. The van der Waals surface area contributed by atoms with E-state index in [0.717, 1.165) is 22.6 Å². The Kier molecular flexibility index (Phi) is 10.9. The quantitative estimate of drug-likeness (QED) is 0.119. The van der Waals surface area contributed by atoms with Gasteiger partial charge in [0, 0.05) is 27.6 Å². The van der Waals surface area contributed by atoms with Crippen molar-refractivity contribution in [1.29, 1.82) is 0 Å². The zero-order valence-corrected chi connectivity index (χ0v) is 31.8. The van der Waals surface area contributed by atoms with Crippen molar-refractivity contribution in [3.05, 3.63) is 169 Å². The predicted octanol–water partition coefficient (Wildman–Crippen LogP) is 11.8. The first-order chi connectivity index (χ1) is 28.4. The summed E-state index contributed by atoms with van der Waals surface area (Å²) in [4.78, 5) is 38.3. The van der Waals surface area contributed by atoms with Crippen molar-refractivity contribution in [2.75, 3.05) is 23.8 Å². The van der Waals surface area contributed by atoms with Crippen LogP contribution in [0.2, 0.25) is 0 Å². The summed E-state index contributed by atoms with van der Waals surface area (Å²) < 4.78 is 11.3. The number of anilines is 2. The highest BCUT2D eigenvalue weighted by molar-refractivity contribution is 6.15. The van der Waals surface area contributed by atoms with Gasteiger partial charge in [0.1, 0.15) is 17.2 Å². The highest BCUT2D eigenvalue weighted by Crippen LogP contribution is 2.34. The lowest BCUT2D eigenvalue weighted by Gasteiger charge is -2.14. The van der Waals surface area contributed by atoms with Crippen molar-refractivity contribution >= 4 is 56.4 Å². The maximum absolute atomic E-state index is 14.4. The molecule has 58 heavy (non-hydrogen) atoms. The van der Waals surface area contributed by atoms with Gasteiger partial charge in [-0.25, -0.2) is 9.97 Å². The van der Waals surface area contributed by atoms with Gasteiger partial charge in [0.05, 0.1) is 58.1 Å². The molecule has 0 aliphatic carbocycles. The van der Waals surface area contributed by atoms with E-state index in [4.69, 9.17) is 19.4 Å². The first-order valence-corrected chi connectivity index (χ1v) is 19.0. The van der Waals surface area contributed by atoms with Gasteiger partial charge in [-0.1, -0.05) is 54.6 Å². The van der Waals surface area contributed by atoms with Crippen molar-refractivity contribution < 1.29 is 19.1 Å². The molecule has 0 aliphatic rings. The lowest BCUT2D eigenvalue weighted by Crippen LogP contribution is -2.15. The monoisotopic (exact) mass is 762 g/mol. The van der Waals surface area contributed by atoms with Gasteiger partial charge in [0.2, 0.25) is 0 Å². The fourth-order valence-electron chi connectivity index (χ4n) is 6.59. The van der Waals surface area contributed by atoms with Crippen molar-refractivity contribution in [2.24, 2.45) is 10.2 Å². The number of hydrogen-bond acceptors (Lipinski definition) is 8. The summed E-state index contributed by atoms with van der Waals surface area (Å²) in [6, 6.07) is 48.3. The molecule has 0 saturated heterocycles. The molecule has 8 rings (SSSR count). The number of amides is 2. The zero-order valence-electron chi connectivity index (χ0n) is 31.8. The number of aromatic nitrogens is 2. The maximum atomic E-state index is 14.4. The molecule has 2 amide bonds. The summed E-state index contributed by atoms with van der Waals surface area (Å²) >= 11 is 0. The number of azo groups is 1. The second kappa shape index (κ2) is 17.0. The Morgan fingerprint density at radius 2 is 1.03 bits per heavy atom. The minimum absolute atomic E-state index is 0.346. The third-order valence-corrected chi connectivity index (χ3v) is 9.38. The number of fused-ring (bicyclic) bond motifs is 2. The number of nitrogens with one attached hydrogen (secondary N) is 2. The van der Waals surface area contributed by atoms with E-state index in [1.165, 1.54) is 0 Å². The number of carbonyl (C=O) groups is 2. The number of nitrogens with zero attached hydrogens (tertiary/aromatic N) is 4. The molecule has 0 atom stereocenters. The van der Waals surface area contributed by atoms with Crippen LogP contribution < -0.4 is 20.1 Å². The van der Waals surface area contributed by atoms with Crippen LogP contribution in [-0.2, 0) is 0 Å². The van der Waals surface area contributed by atoms with Crippen LogP contribution in [0.25, 0.3) is 44.3 Å². The third-order valence-electron chi connectivity index (χ3n) is 9.38. The average Bonchev–Trinajstić information content (AvgIpc) is 3.26. The molecule has 2 aromatic heterocycles. The van der Waals surface area contributed by atoms with Crippen molar-refractivity contribution in [3.63, 3.8) is 0 Å². The standard InChI is InChI=1S/C48H38N6O4/c1-3-57-35-23-18-31(19-24-35)44-29-39(37-14-8-10-16-41(37)50-44)47(55)49-34-22-27-43(54-53-33-12-6-5-7-13-33)46(28-34)52-48(56)40-30-45(51-42-17-11-9-15-38(40)42)32-20-25-36(26-21-32)58-4-2/h5-30H,3-4H2,1-2H3,(H,49,55)(H,52,56). The molecule has 2 N–H and O–H groups in total. The number of carbonyl (C=O) groups excluding carboxylic acids is 2. The Labute approximate surface area is 335 Å². The normalized spacial score (nSPS) is 11.1. The third kappa shape index (κ3) is 8.26. The Morgan fingerprint density at radius 1 is 0.534 bits per heavy atom. The fourth-order valence-corrected chi connectivity index (χ4v) is 6.59. The van der Waals surface area contributed by atoms with E-state index in [2.05, 4.69) is 20.9 Å². The fraction of sp³-hybridized carbons (Fsp3) is 0.0833. The van der Waals surface area contributed by atoms with Gasteiger partial charge >= 0.3 is 0 Å². The Hall–Kier alpha value is -7.72. The molecule has 0 spiro atoms. The van der Waals surface area contributed by atoms with E-state index in [0.29, 0.717) is 80.3 Å². The number of ether oxygens (including phenoxy) is 2. The Bertz CT molecular complexity index is 2790. The second-order valence-electron chi connectivity index (χ2n) is 13.2. The van der Waals surface area contributed by atoms with Gasteiger partial charge in [-0.3, -0.25) is 9.59 Å². The van der Waals surface area contributed by atoms with Crippen molar-refractivity contribution in [1.82, 2.24) is 9.97 Å². The Balaban J connectivity index is 1.15. The van der Waals surface area contributed by atoms with Gasteiger partial charge in [0.25, 0.3) is 11.8 Å². The molecule has 0 aliphatic heterocycles. The molecule has 0 saturated carbocycles. The number of para-hydroxylation sites is 2. The van der Waals surface area contributed by atoms with Crippen LogP contribution in [0.5, 0.6) is 11.5 Å². The molecule has 284 valence electrons. The van der Waals surface area contributed by atoms with Crippen LogP contribution in [-0.4, -0.2) is 35.0 Å². The largest absolute Gasteiger partial charge is 0.494 e. The summed E-state index contributed by atoms with van der Waals surface area (Å²) in [6.45, 7) is 4.99. The van der Waals surface area contributed by atoms with Gasteiger partial charge < -0.3 is 20.1 Å². The van der Waals surface area contributed by atoms with Crippen molar-refractivity contribution in [2.45, 2.75) is 13.8 Å². The van der Waals surface area contributed by atoms with Crippen LogP contribution in [0.15, 0.2) is 168 Å². The molecule has 0 unspecified atom stereocenters. The number of benzene rings is 6. The minimum Gasteiger partial charge on any atom is -0.494 e. The molecular weight excluding hydrogens is 725 g/mol. The van der Waals surface area contributed by atoms with Crippen LogP contribution in [0.3, 0.4) is 0 Å². The first-order valence-electron chi connectivity index (χ1n) is 19.0. The maximum Gasteiger partial charge on any atom is 0.256 e. The summed E-state index contributed by atoms with van der Waals surface area (Å²) in [7, 11) is 0. The molecule has 6 aromatic carbocycles. The number of hydrogen-bond donors (Lipinski definition) is 2. The molecule has 10 heteroatoms. The lowest BCUT2D eigenvalue weighted by atomic mass is 10.0. The SMILES string of the molecule is CCOc1ccc(-c2cc(C(=O)Nc3ccc(N=Nc4ccccc4)c(NC(=O)c4cc(-c5ccc(OCC)cc5)nc5ccccc45)c3)c3ccccc3n2)cc1. The second-order valence-corrected chi connectivity index (χ2v) is 13.2. The number of pyridine rings is 2. The van der Waals surface area contributed by atoms with Gasteiger partial charge in [-0.2, -0.15) is 5.11 Å². The average molecular weight is 763 g/mol. The van der Waals surface area contributed by atoms with E-state index in [1.54, 1.807) is 30.3 Å². The highest BCUT2D eigenvalue weighted by Gasteiger charge is 2.19. The van der Waals surface area contributed by atoms with E-state index in [9.17, 15) is 9.59 Å². The zero-order chi connectivity index (χ0) is 39.8. The van der Waals surface area contributed by atoms with Crippen LogP contribution in [0.4, 0.5) is 22.7 Å². The molecule has 10 nitrogen and oxygen atoms in total. The van der Waals surface area contributed by atoms with Crippen LogP contribution >= 0.6 is 0 Å². The van der Waals surface area contributed by atoms with E-state index in [1.807, 2.05) is 141 Å². The first kappa shape index (κ1) is 37.2. The topological polar surface area (TPSA) is 127 Å². The van der Waals surface area contributed by atoms with Gasteiger partial charge in [-0.15, -0.1) is 5.11 Å². The smallest absolute Gasteiger partial charge is 0.256 e. The van der Waals surface area contributed by atoms with E-state index in [-0.39, 0.29) is 11.8 Å². The molecule has 2 heterocycles. The summed E-state index contributed by atoms with van der Waals surface area (Å²) in [5, 5.41) is 16.4. The molecule has 0 bridgehead atoms. The Morgan fingerprint density at radius 3 is 1.57 bits per heavy atom. The molecule has 0 radical (unpaired) electrons. The lowest BCUT2D eigenvalue weighted by molar-refractivity contribution is 0.102. The molecular formula is C48H38N6O4. The predicted molar refractivity (Wildman–Crippen MR) is 230 cm³/mol. The number of rotatable bonds is 12. The van der Waals surface area contributed by atoms with Crippen LogP contribution in [0, 0.1) is 0 Å². The summed E-state index contributed by atoms with van der Waals surface area (Å²) in [5.41, 5.74) is 6.98. The summed E-state index contributed by atoms with van der Waals surface area (Å²) in [6.07, 6.45) is 0. The minimum atomic E-state index is -0.384. The van der Waals surface area contributed by atoms with E-state index >= 15 is 0 Å². The molecule has 8 aromatic rings. The van der Waals surface area contributed by atoms with Crippen LogP contribution in [0.1, 0.15) is 34.6 Å². The van der Waals surface area contributed by atoms with Gasteiger partial charge in [0.15, 0.2) is 0 Å².